The van der Waals surface area contributed by atoms with Crippen molar-refractivity contribution in [3.63, 3.8) is 0 Å². The summed E-state index contributed by atoms with van der Waals surface area (Å²) in [7, 11) is 1.58. The zero-order chi connectivity index (χ0) is 19.8. The predicted molar refractivity (Wildman–Crippen MR) is 109 cm³/mol. The minimum atomic E-state index is -0.306. The van der Waals surface area contributed by atoms with E-state index in [2.05, 4.69) is 5.32 Å². The molecule has 5 nitrogen and oxygen atoms in total. The number of amides is 2. The molecule has 6 heteroatoms. The van der Waals surface area contributed by atoms with E-state index in [0.717, 1.165) is 5.56 Å². The normalized spacial score (nSPS) is 10.7. The van der Waals surface area contributed by atoms with E-state index >= 15 is 0 Å². The van der Waals surface area contributed by atoms with Gasteiger partial charge in [-0.2, -0.15) is 0 Å². The van der Waals surface area contributed by atoms with Crippen LogP contribution in [0.3, 0.4) is 0 Å². The maximum atomic E-state index is 12.4. The van der Waals surface area contributed by atoms with Gasteiger partial charge in [0.05, 0.1) is 17.7 Å². The number of rotatable bonds is 7. The third-order valence-electron chi connectivity index (χ3n) is 4.07. The number of methoxy groups -OCH3 is 1. The maximum absolute atomic E-state index is 12.4. The third-order valence-corrected chi connectivity index (χ3v) is 4.38. The van der Waals surface area contributed by atoms with Crippen molar-refractivity contribution >= 4 is 35.2 Å². The highest BCUT2D eigenvalue weighted by Gasteiger charge is 2.16. The highest BCUT2D eigenvalue weighted by atomic mass is 35.5. The van der Waals surface area contributed by atoms with Crippen molar-refractivity contribution in [2.24, 2.45) is 0 Å². The van der Waals surface area contributed by atoms with Crippen LogP contribution in [0.1, 0.15) is 29.8 Å². The number of hydrogen-bond acceptors (Lipinski definition) is 3. The van der Waals surface area contributed by atoms with Gasteiger partial charge in [-0.1, -0.05) is 29.8 Å². The van der Waals surface area contributed by atoms with Crippen LogP contribution >= 0.6 is 11.6 Å². The van der Waals surface area contributed by atoms with Crippen LogP contribution < -0.4 is 10.1 Å². The number of hydrogen-bond donors (Lipinski definition) is 1. The summed E-state index contributed by atoms with van der Waals surface area (Å²) in [5, 5.41) is 3.04. The van der Waals surface area contributed by atoms with E-state index < -0.39 is 0 Å². The molecule has 2 amide bonds. The summed E-state index contributed by atoms with van der Waals surface area (Å²) in [5.74, 6) is 0.252. The van der Waals surface area contributed by atoms with Crippen LogP contribution in [0.5, 0.6) is 5.75 Å². The van der Waals surface area contributed by atoms with Gasteiger partial charge in [0.1, 0.15) is 5.75 Å². The van der Waals surface area contributed by atoms with Gasteiger partial charge in [-0.05, 0) is 44.2 Å². The number of ether oxygens (including phenoxy) is 1. The summed E-state index contributed by atoms with van der Waals surface area (Å²) in [6, 6.07) is 12.3. The number of nitrogens with zero attached hydrogens (tertiary/aromatic N) is 1. The topological polar surface area (TPSA) is 58.6 Å². The smallest absolute Gasteiger partial charge is 0.255 e. The van der Waals surface area contributed by atoms with E-state index in [4.69, 9.17) is 16.3 Å². The fourth-order valence-corrected chi connectivity index (χ4v) is 2.86. The lowest BCUT2D eigenvalue weighted by molar-refractivity contribution is -0.111. The first-order valence-electron chi connectivity index (χ1n) is 8.71. The summed E-state index contributed by atoms with van der Waals surface area (Å²) in [5.41, 5.74) is 1.74. The molecule has 2 aromatic carbocycles. The predicted octanol–water partition coefficient (Wildman–Crippen LogP) is 4.48. The van der Waals surface area contributed by atoms with Crippen molar-refractivity contribution in [2.45, 2.75) is 13.8 Å². The van der Waals surface area contributed by atoms with Gasteiger partial charge < -0.3 is 15.0 Å². The van der Waals surface area contributed by atoms with Crippen LogP contribution in [-0.2, 0) is 4.79 Å². The molecule has 2 rings (SSSR count). The third kappa shape index (κ3) is 5.34. The molecule has 0 radical (unpaired) electrons. The molecular formula is C21H23ClN2O3. The Morgan fingerprint density at radius 2 is 1.85 bits per heavy atom. The first-order valence-corrected chi connectivity index (χ1v) is 9.08. The Balaban J connectivity index is 2.09. The van der Waals surface area contributed by atoms with E-state index in [-0.39, 0.29) is 11.8 Å². The zero-order valence-electron chi connectivity index (χ0n) is 15.7. The van der Waals surface area contributed by atoms with Crippen molar-refractivity contribution in [2.75, 3.05) is 25.5 Å². The lowest BCUT2D eigenvalue weighted by atomic mass is 10.1. The molecule has 142 valence electrons. The van der Waals surface area contributed by atoms with Crippen molar-refractivity contribution in [3.05, 3.63) is 64.7 Å². The molecule has 1 N–H and O–H groups in total. The number of nitrogens with one attached hydrogen (secondary N) is 1. The molecule has 0 fully saturated rings. The van der Waals surface area contributed by atoms with Gasteiger partial charge in [0, 0.05) is 30.4 Å². The van der Waals surface area contributed by atoms with Gasteiger partial charge in [0.15, 0.2) is 0 Å². The molecule has 2 aromatic rings. The van der Waals surface area contributed by atoms with Crippen molar-refractivity contribution < 1.29 is 14.3 Å². The lowest BCUT2D eigenvalue weighted by Gasteiger charge is -2.19. The monoisotopic (exact) mass is 386 g/mol. The Kier molecular flexibility index (Phi) is 7.44. The molecule has 0 atom stereocenters. The van der Waals surface area contributed by atoms with E-state index in [9.17, 15) is 9.59 Å². The Morgan fingerprint density at radius 3 is 2.48 bits per heavy atom. The Hall–Kier alpha value is -2.79. The highest BCUT2D eigenvalue weighted by molar-refractivity contribution is 6.34. The van der Waals surface area contributed by atoms with Crippen LogP contribution in [0.2, 0.25) is 5.02 Å². The summed E-state index contributed by atoms with van der Waals surface area (Å²) in [4.78, 5) is 26.3. The Labute approximate surface area is 164 Å². The second-order valence-corrected chi connectivity index (χ2v) is 6.14. The fourth-order valence-electron chi connectivity index (χ4n) is 2.60. The van der Waals surface area contributed by atoms with Crippen LogP contribution in [0.25, 0.3) is 6.08 Å². The molecule has 0 bridgehead atoms. The second kappa shape index (κ2) is 9.78. The SMILES string of the molecule is CCN(CC)C(=O)c1ccc(NC(=O)/C=C/c2ccccc2OC)cc1Cl. The lowest BCUT2D eigenvalue weighted by Crippen LogP contribution is -2.30. The van der Waals surface area contributed by atoms with Gasteiger partial charge in [0.25, 0.3) is 5.91 Å². The van der Waals surface area contributed by atoms with Crippen molar-refractivity contribution in [1.82, 2.24) is 4.90 Å². The molecule has 0 unspecified atom stereocenters. The van der Waals surface area contributed by atoms with Crippen LogP contribution in [0, 0.1) is 0 Å². The van der Waals surface area contributed by atoms with Gasteiger partial charge in [0.2, 0.25) is 5.91 Å². The molecule has 0 aromatic heterocycles. The number of halogens is 1. The number of carbonyl (C=O) groups is 2. The number of para-hydroxylation sites is 1. The number of benzene rings is 2. The second-order valence-electron chi connectivity index (χ2n) is 5.74. The number of carbonyl (C=O) groups excluding carboxylic acids is 2. The number of anilines is 1. The van der Waals surface area contributed by atoms with E-state index in [1.165, 1.54) is 6.08 Å². The Bertz CT molecular complexity index is 845. The first-order chi connectivity index (χ1) is 13.0. The van der Waals surface area contributed by atoms with Gasteiger partial charge in [-0.15, -0.1) is 0 Å². The molecule has 0 saturated heterocycles. The van der Waals surface area contributed by atoms with Gasteiger partial charge in [-0.25, -0.2) is 0 Å². The van der Waals surface area contributed by atoms with Crippen molar-refractivity contribution in [1.29, 1.82) is 0 Å². The van der Waals surface area contributed by atoms with Crippen LogP contribution in [0.15, 0.2) is 48.5 Å². The van der Waals surface area contributed by atoms with E-state index in [1.807, 2.05) is 38.1 Å². The summed E-state index contributed by atoms with van der Waals surface area (Å²) in [6.07, 6.45) is 3.09. The maximum Gasteiger partial charge on any atom is 0.255 e. The zero-order valence-corrected chi connectivity index (χ0v) is 16.4. The summed E-state index contributed by atoms with van der Waals surface area (Å²) < 4.78 is 5.25. The molecule has 0 spiro atoms. The molecule has 0 aliphatic carbocycles. The largest absolute Gasteiger partial charge is 0.496 e. The fraction of sp³-hybridized carbons (Fsp3) is 0.238. The average Bonchev–Trinajstić information content (AvgIpc) is 2.67. The molecule has 0 saturated carbocycles. The van der Waals surface area contributed by atoms with Crippen LogP contribution in [0.4, 0.5) is 5.69 Å². The van der Waals surface area contributed by atoms with Gasteiger partial charge >= 0.3 is 0 Å². The van der Waals surface area contributed by atoms with E-state index in [1.54, 1.807) is 36.3 Å². The molecule has 0 aliphatic rings. The first kappa shape index (κ1) is 20.5. The van der Waals surface area contributed by atoms with E-state index in [0.29, 0.717) is 35.1 Å². The molecule has 0 aliphatic heterocycles. The molecule has 0 heterocycles. The standard InChI is InChI=1S/C21H23ClN2O3/c1-4-24(5-2)21(26)17-12-11-16(14-18(17)22)23-20(25)13-10-15-8-6-7-9-19(15)27-3/h6-14H,4-5H2,1-3H3,(H,23,25)/b13-10+. The summed E-state index contributed by atoms with van der Waals surface area (Å²) in [6.45, 7) is 5.05. The van der Waals surface area contributed by atoms with Gasteiger partial charge in [-0.3, -0.25) is 9.59 Å². The molecule has 27 heavy (non-hydrogen) atoms. The Morgan fingerprint density at radius 1 is 1.15 bits per heavy atom. The summed E-state index contributed by atoms with van der Waals surface area (Å²) >= 11 is 6.24. The highest BCUT2D eigenvalue weighted by Crippen LogP contribution is 2.23. The average molecular weight is 387 g/mol. The van der Waals surface area contributed by atoms with Crippen molar-refractivity contribution in [3.8, 4) is 5.75 Å². The quantitative estimate of drug-likeness (QED) is 0.713. The minimum Gasteiger partial charge on any atom is -0.496 e. The minimum absolute atomic E-state index is 0.126. The molecular weight excluding hydrogens is 364 g/mol. The van der Waals surface area contributed by atoms with Crippen LogP contribution in [-0.4, -0.2) is 36.9 Å².